The van der Waals surface area contributed by atoms with Crippen LogP contribution in [0.25, 0.3) is 0 Å². The van der Waals surface area contributed by atoms with E-state index in [-0.39, 0.29) is 18.6 Å². The third-order valence-corrected chi connectivity index (χ3v) is 2.04. The van der Waals surface area contributed by atoms with Crippen LogP contribution < -0.4 is 10.1 Å². The molecule has 0 fully saturated rings. The molecule has 0 spiro atoms. The molecule has 5 heteroatoms. The van der Waals surface area contributed by atoms with Gasteiger partial charge in [-0.25, -0.2) is 4.98 Å². The van der Waals surface area contributed by atoms with E-state index in [9.17, 15) is 4.79 Å². The van der Waals surface area contributed by atoms with Crippen LogP contribution >= 0.6 is 11.6 Å². The topological polar surface area (TPSA) is 51.2 Å². The van der Waals surface area contributed by atoms with E-state index in [0.29, 0.717) is 16.5 Å². The van der Waals surface area contributed by atoms with Gasteiger partial charge in [0.1, 0.15) is 5.02 Å². The zero-order valence-corrected chi connectivity index (χ0v) is 10.4. The van der Waals surface area contributed by atoms with Crippen LogP contribution in [0.15, 0.2) is 12.3 Å². The molecule has 90 valence electrons. The van der Waals surface area contributed by atoms with Crippen molar-refractivity contribution in [2.45, 2.75) is 20.0 Å². The van der Waals surface area contributed by atoms with Gasteiger partial charge >= 0.3 is 0 Å². The minimum atomic E-state index is -0.312. The molecule has 1 N–H and O–H groups in total. The first-order chi connectivity index (χ1) is 8.04. The maximum absolute atomic E-state index is 11.5. The molecular formula is C12H13ClN2O2. The van der Waals surface area contributed by atoms with Gasteiger partial charge in [-0.05, 0) is 19.9 Å². The Balaban J connectivity index is 2.82. The molecule has 0 atom stereocenters. The number of hydrogen-bond acceptors (Lipinski definition) is 3. The quantitative estimate of drug-likeness (QED) is 0.833. The summed E-state index contributed by atoms with van der Waals surface area (Å²) in [6.45, 7) is 3.90. The lowest BCUT2D eigenvalue weighted by atomic mass is 10.2. The molecule has 0 aromatic carbocycles. The van der Waals surface area contributed by atoms with E-state index in [1.165, 1.54) is 12.3 Å². The van der Waals surface area contributed by atoms with Crippen molar-refractivity contribution in [3.8, 4) is 18.2 Å². The van der Waals surface area contributed by atoms with Crippen molar-refractivity contribution in [2.24, 2.45) is 0 Å². The summed E-state index contributed by atoms with van der Waals surface area (Å²) in [5.74, 6) is 2.31. The van der Waals surface area contributed by atoms with Gasteiger partial charge in [-0.3, -0.25) is 4.79 Å². The van der Waals surface area contributed by atoms with Crippen LogP contribution in [0.5, 0.6) is 5.88 Å². The van der Waals surface area contributed by atoms with Gasteiger partial charge in [0, 0.05) is 6.20 Å². The summed E-state index contributed by atoms with van der Waals surface area (Å²) in [5.41, 5.74) is 0.348. The van der Waals surface area contributed by atoms with Crippen LogP contribution in [0.1, 0.15) is 24.2 Å². The molecule has 1 heterocycles. The second-order valence-electron chi connectivity index (χ2n) is 3.56. The summed E-state index contributed by atoms with van der Waals surface area (Å²) in [6.07, 6.45) is 6.41. The van der Waals surface area contributed by atoms with E-state index in [2.05, 4.69) is 16.2 Å². The van der Waals surface area contributed by atoms with Crippen LogP contribution in [-0.2, 0) is 0 Å². The molecule has 0 bridgehead atoms. The van der Waals surface area contributed by atoms with E-state index in [0.717, 1.165) is 0 Å². The molecule has 0 aliphatic carbocycles. The second-order valence-corrected chi connectivity index (χ2v) is 3.97. The van der Waals surface area contributed by atoms with Crippen molar-refractivity contribution in [3.05, 3.63) is 22.8 Å². The van der Waals surface area contributed by atoms with Crippen LogP contribution in [0.2, 0.25) is 5.02 Å². The predicted octanol–water partition coefficient (Wildman–Crippen LogP) is 1.89. The second kappa shape index (κ2) is 6.12. The summed E-state index contributed by atoms with van der Waals surface area (Å²) < 4.78 is 5.35. The largest absolute Gasteiger partial charge is 0.474 e. The first-order valence-corrected chi connectivity index (χ1v) is 5.46. The van der Waals surface area contributed by atoms with E-state index in [1.807, 2.05) is 13.8 Å². The van der Waals surface area contributed by atoms with E-state index in [4.69, 9.17) is 22.8 Å². The van der Waals surface area contributed by atoms with E-state index < -0.39 is 0 Å². The first kappa shape index (κ1) is 13.3. The number of nitrogens with zero attached hydrogens (tertiary/aromatic N) is 1. The Morgan fingerprint density at radius 1 is 1.71 bits per heavy atom. The van der Waals surface area contributed by atoms with Crippen LogP contribution in [0.3, 0.4) is 0 Å². The summed E-state index contributed by atoms with van der Waals surface area (Å²) in [5, 5.41) is 2.82. The molecule has 1 aromatic heterocycles. The zero-order valence-electron chi connectivity index (χ0n) is 9.66. The number of carbonyl (C=O) groups excluding carboxylic acids is 1. The highest BCUT2D eigenvalue weighted by atomic mass is 35.5. The highest BCUT2D eigenvalue weighted by molar-refractivity contribution is 6.32. The molecule has 4 nitrogen and oxygen atoms in total. The van der Waals surface area contributed by atoms with Gasteiger partial charge in [-0.2, -0.15) is 0 Å². The molecule has 17 heavy (non-hydrogen) atoms. The van der Waals surface area contributed by atoms with Crippen LogP contribution in [-0.4, -0.2) is 23.5 Å². The average molecular weight is 253 g/mol. The number of pyridine rings is 1. The Morgan fingerprint density at radius 3 is 2.94 bits per heavy atom. The lowest BCUT2D eigenvalue weighted by Crippen LogP contribution is -2.23. The molecule has 0 radical (unpaired) electrons. The third-order valence-electron chi connectivity index (χ3n) is 1.77. The van der Waals surface area contributed by atoms with E-state index >= 15 is 0 Å². The fourth-order valence-electron chi connectivity index (χ4n) is 1.09. The van der Waals surface area contributed by atoms with Gasteiger partial charge in [-0.15, -0.1) is 6.42 Å². The van der Waals surface area contributed by atoms with Gasteiger partial charge in [0.05, 0.1) is 18.2 Å². The van der Waals surface area contributed by atoms with Gasteiger partial charge in [-0.1, -0.05) is 17.5 Å². The third kappa shape index (κ3) is 3.97. The molecule has 1 rings (SSSR count). The summed E-state index contributed by atoms with van der Waals surface area (Å²) in [7, 11) is 0. The monoisotopic (exact) mass is 252 g/mol. The minimum absolute atomic E-state index is 0.0267. The number of amides is 1. The minimum Gasteiger partial charge on any atom is -0.474 e. The molecule has 0 unspecified atom stereocenters. The van der Waals surface area contributed by atoms with Crippen molar-refractivity contribution in [3.63, 3.8) is 0 Å². The maximum Gasteiger partial charge on any atom is 0.253 e. The Kier molecular flexibility index (Phi) is 4.80. The van der Waals surface area contributed by atoms with Crippen molar-refractivity contribution in [1.29, 1.82) is 0 Å². The van der Waals surface area contributed by atoms with Crippen molar-refractivity contribution in [2.75, 3.05) is 6.54 Å². The summed E-state index contributed by atoms with van der Waals surface area (Å²) in [6, 6.07) is 1.50. The molecule has 0 saturated carbocycles. The smallest absolute Gasteiger partial charge is 0.253 e. The van der Waals surface area contributed by atoms with Crippen molar-refractivity contribution < 1.29 is 9.53 Å². The number of ether oxygens (including phenoxy) is 1. The number of aromatic nitrogens is 1. The van der Waals surface area contributed by atoms with Crippen LogP contribution in [0, 0.1) is 12.3 Å². The summed E-state index contributed by atoms with van der Waals surface area (Å²) >= 11 is 5.94. The molecule has 1 aromatic rings. The Bertz CT molecular complexity index is 452. The van der Waals surface area contributed by atoms with E-state index in [1.54, 1.807) is 0 Å². The molecule has 1 amide bonds. The highest BCUT2D eigenvalue weighted by Crippen LogP contribution is 2.23. The van der Waals surface area contributed by atoms with Crippen molar-refractivity contribution >= 4 is 17.5 Å². The number of carbonyl (C=O) groups is 1. The number of hydrogen-bond donors (Lipinski definition) is 1. The number of rotatable bonds is 4. The average Bonchev–Trinajstić information content (AvgIpc) is 2.28. The number of terminal acetylenes is 1. The summed E-state index contributed by atoms with van der Waals surface area (Å²) in [4.78, 5) is 15.5. The fourth-order valence-corrected chi connectivity index (χ4v) is 1.30. The molecule has 0 saturated heterocycles. The predicted molar refractivity (Wildman–Crippen MR) is 66.2 cm³/mol. The van der Waals surface area contributed by atoms with Crippen LogP contribution in [0.4, 0.5) is 0 Å². The molecular weight excluding hydrogens is 240 g/mol. The normalized spacial score (nSPS) is 9.82. The first-order valence-electron chi connectivity index (χ1n) is 5.08. The SMILES string of the molecule is C#CCNC(=O)c1cnc(OC(C)C)c(Cl)c1. The lowest BCUT2D eigenvalue weighted by Gasteiger charge is -2.10. The standard InChI is InChI=1S/C12H13ClN2O2/c1-4-5-14-11(16)9-6-10(13)12(15-7-9)17-8(2)3/h1,6-8H,5H2,2-3H3,(H,14,16). The van der Waals surface area contributed by atoms with Gasteiger partial charge in [0.15, 0.2) is 0 Å². The maximum atomic E-state index is 11.5. The van der Waals surface area contributed by atoms with Gasteiger partial charge in [0.2, 0.25) is 5.88 Å². The van der Waals surface area contributed by atoms with Gasteiger partial charge < -0.3 is 10.1 Å². The zero-order chi connectivity index (χ0) is 12.8. The molecule has 0 aliphatic rings. The Morgan fingerprint density at radius 2 is 2.41 bits per heavy atom. The number of halogens is 1. The Labute approximate surface area is 105 Å². The Hall–Kier alpha value is -1.73. The lowest BCUT2D eigenvalue weighted by molar-refractivity contribution is 0.0958. The fraction of sp³-hybridized carbons (Fsp3) is 0.333. The molecule has 0 aliphatic heterocycles. The van der Waals surface area contributed by atoms with Crippen molar-refractivity contribution in [1.82, 2.24) is 10.3 Å². The van der Waals surface area contributed by atoms with Gasteiger partial charge in [0.25, 0.3) is 5.91 Å². The highest BCUT2D eigenvalue weighted by Gasteiger charge is 2.11. The number of nitrogens with one attached hydrogen (secondary N) is 1.